The van der Waals surface area contributed by atoms with Crippen molar-refractivity contribution in [3.05, 3.63) is 35.4 Å². The van der Waals surface area contributed by atoms with E-state index >= 15 is 0 Å². The maximum absolute atomic E-state index is 11.7. The van der Waals surface area contributed by atoms with Crippen molar-refractivity contribution in [2.75, 3.05) is 6.54 Å². The first kappa shape index (κ1) is 12.9. The monoisotopic (exact) mass is 248 g/mol. The maximum Gasteiger partial charge on any atom is 0.315 e. The van der Waals surface area contributed by atoms with Crippen molar-refractivity contribution in [3.8, 4) is 0 Å². The van der Waals surface area contributed by atoms with E-state index in [0.717, 1.165) is 12.8 Å². The first-order chi connectivity index (χ1) is 8.66. The lowest BCUT2D eigenvalue weighted by Crippen LogP contribution is -2.38. The number of hydrogen-bond acceptors (Lipinski definition) is 2. The number of nitrogens with one attached hydrogen (secondary N) is 2. The van der Waals surface area contributed by atoms with Crippen molar-refractivity contribution in [2.24, 2.45) is 0 Å². The number of aliphatic hydroxyl groups is 1. The van der Waals surface area contributed by atoms with Gasteiger partial charge < -0.3 is 15.7 Å². The van der Waals surface area contributed by atoms with Gasteiger partial charge in [0.1, 0.15) is 0 Å². The van der Waals surface area contributed by atoms with E-state index in [2.05, 4.69) is 22.8 Å². The molecule has 4 nitrogen and oxygen atoms in total. The van der Waals surface area contributed by atoms with E-state index in [-0.39, 0.29) is 18.2 Å². The third kappa shape index (κ3) is 3.23. The minimum Gasteiger partial charge on any atom is -0.393 e. The highest BCUT2D eigenvalue weighted by atomic mass is 16.3. The number of fused-ring (bicyclic) bond motifs is 1. The molecule has 0 aliphatic heterocycles. The molecule has 0 fully saturated rings. The second kappa shape index (κ2) is 5.87. The zero-order valence-corrected chi connectivity index (χ0v) is 10.6. The largest absolute Gasteiger partial charge is 0.393 e. The van der Waals surface area contributed by atoms with Crippen LogP contribution in [0.3, 0.4) is 0 Å². The smallest absolute Gasteiger partial charge is 0.315 e. The van der Waals surface area contributed by atoms with E-state index in [1.807, 2.05) is 12.1 Å². The predicted molar refractivity (Wildman–Crippen MR) is 70.3 cm³/mol. The van der Waals surface area contributed by atoms with Gasteiger partial charge in [0.25, 0.3) is 0 Å². The van der Waals surface area contributed by atoms with Crippen molar-refractivity contribution in [2.45, 2.75) is 38.3 Å². The Balaban J connectivity index is 1.82. The van der Waals surface area contributed by atoms with E-state index < -0.39 is 0 Å². The Hall–Kier alpha value is -1.55. The van der Waals surface area contributed by atoms with Gasteiger partial charge in [0, 0.05) is 6.54 Å². The lowest BCUT2D eigenvalue weighted by Gasteiger charge is -2.15. The first-order valence-electron chi connectivity index (χ1n) is 6.47. The Bertz CT molecular complexity index is 418. The minimum atomic E-state index is -0.377. The van der Waals surface area contributed by atoms with E-state index in [1.54, 1.807) is 6.92 Å². The SMILES string of the molecule is CC(O)CCNC(=O)NC1CCc2ccccc21. The number of amides is 2. The Morgan fingerprint density at radius 3 is 3.06 bits per heavy atom. The molecular weight excluding hydrogens is 228 g/mol. The topological polar surface area (TPSA) is 61.4 Å². The molecule has 0 aromatic heterocycles. The number of carbonyl (C=O) groups is 1. The number of urea groups is 1. The lowest BCUT2D eigenvalue weighted by atomic mass is 10.1. The molecule has 2 amide bonds. The second-order valence-electron chi connectivity index (χ2n) is 4.83. The fourth-order valence-corrected chi connectivity index (χ4v) is 2.31. The molecule has 2 unspecified atom stereocenters. The molecular formula is C14H20N2O2. The molecule has 0 spiro atoms. The third-order valence-electron chi connectivity index (χ3n) is 3.29. The summed E-state index contributed by atoms with van der Waals surface area (Å²) in [5.74, 6) is 0. The standard InChI is InChI=1S/C14H20N2O2/c1-10(17)8-9-15-14(18)16-13-7-6-11-4-2-3-5-12(11)13/h2-5,10,13,17H,6-9H2,1H3,(H2,15,16,18). The van der Waals surface area contributed by atoms with Crippen LogP contribution in [0.25, 0.3) is 0 Å². The van der Waals surface area contributed by atoms with Crippen LogP contribution in [0.4, 0.5) is 4.79 Å². The fraction of sp³-hybridized carbons (Fsp3) is 0.500. The molecule has 0 bridgehead atoms. The summed E-state index contributed by atoms with van der Waals surface area (Å²) in [5.41, 5.74) is 2.55. The number of carbonyl (C=O) groups excluding carboxylic acids is 1. The molecule has 4 heteroatoms. The van der Waals surface area contributed by atoms with Crippen LogP contribution in [-0.4, -0.2) is 23.8 Å². The van der Waals surface area contributed by atoms with Crippen LogP contribution >= 0.6 is 0 Å². The van der Waals surface area contributed by atoms with Crippen molar-refractivity contribution in [1.29, 1.82) is 0 Å². The quantitative estimate of drug-likeness (QED) is 0.760. The van der Waals surface area contributed by atoms with Gasteiger partial charge in [-0.1, -0.05) is 24.3 Å². The third-order valence-corrected chi connectivity index (χ3v) is 3.29. The number of benzene rings is 1. The summed E-state index contributed by atoms with van der Waals surface area (Å²) in [4.78, 5) is 11.7. The Kier molecular flexibility index (Phi) is 4.20. The van der Waals surface area contributed by atoms with Gasteiger partial charge in [-0.05, 0) is 37.3 Å². The van der Waals surface area contributed by atoms with Crippen LogP contribution in [0, 0.1) is 0 Å². The van der Waals surface area contributed by atoms with Gasteiger partial charge in [-0.3, -0.25) is 0 Å². The maximum atomic E-state index is 11.7. The van der Waals surface area contributed by atoms with Gasteiger partial charge in [0.2, 0.25) is 0 Å². The molecule has 1 aromatic rings. The van der Waals surface area contributed by atoms with Crippen LogP contribution < -0.4 is 10.6 Å². The molecule has 18 heavy (non-hydrogen) atoms. The molecule has 1 aliphatic carbocycles. The summed E-state index contributed by atoms with van der Waals surface area (Å²) in [5, 5.41) is 14.8. The molecule has 1 aliphatic rings. The highest BCUT2D eigenvalue weighted by molar-refractivity contribution is 5.74. The molecule has 98 valence electrons. The highest BCUT2D eigenvalue weighted by Gasteiger charge is 2.22. The summed E-state index contributed by atoms with van der Waals surface area (Å²) >= 11 is 0. The number of rotatable bonds is 4. The van der Waals surface area contributed by atoms with Crippen molar-refractivity contribution < 1.29 is 9.90 Å². The fourth-order valence-electron chi connectivity index (χ4n) is 2.31. The van der Waals surface area contributed by atoms with E-state index in [1.165, 1.54) is 11.1 Å². The van der Waals surface area contributed by atoms with Crippen LogP contribution in [0.15, 0.2) is 24.3 Å². The molecule has 0 radical (unpaired) electrons. The zero-order valence-electron chi connectivity index (χ0n) is 10.6. The van der Waals surface area contributed by atoms with Gasteiger partial charge in [0.15, 0.2) is 0 Å². The predicted octanol–water partition coefficient (Wildman–Crippen LogP) is 1.74. The summed E-state index contributed by atoms with van der Waals surface area (Å²) in [6, 6.07) is 8.18. The van der Waals surface area contributed by atoms with Gasteiger partial charge in [-0.2, -0.15) is 0 Å². The van der Waals surface area contributed by atoms with E-state index in [0.29, 0.717) is 13.0 Å². The average Bonchev–Trinajstić information content (AvgIpc) is 2.72. The summed E-state index contributed by atoms with van der Waals surface area (Å²) < 4.78 is 0. The molecule has 0 heterocycles. The van der Waals surface area contributed by atoms with E-state index in [9.17, 15) is 4.79 Å². The van der Waals surface area contributed by atoms with Crippen LogP contribution in [0.5, 0.6) is 0 Å². The summed E-state index contributed by atoms with van der Waals surface area (Å²) in [7, 11) is 0. The van der Waals surface area contributed by atoms with Gasteiger partial charge in [-0.25, -0.2) is 4.79 Å². The lowest BCUT2D eigenvalue weighted by molar-refractivity contribution is 0.183. The summed E-state index contributed by atoms with van der Waals surface area (Å²) in [6.07, 6.45) is 2.18. The van der Waals surface area contributed by atoms with Crippen LogP contribution in [-0.2, 0) is 6.42 Å². The molecule has 2 atom stereocenters. The molecule has 0 saturated heterocycles. The Morgan fingerprint density at radius 1 is 1.50 bits per heavy atom. The van der Waals surface area contributed by atoms with Gasteiger partial charge in [0.05, 0.1) is 12.1 Å². The van der Waals surface area contributed by atoms with Gasteiger partial charge in [-0.15, -0.1) is 0 Å². The number of hydrogen-bond donors (Lipinski definition) is 3. The Morgan fingerprint density at radius 2 is 2.28 bits per heavy atom. The minimum absolute atomic E-state index is 0.118. The van der Waals surface area contributed by atoms with Crippen molar-refractivity contribution in [3.63, 3.8) is 0 Å². The Labute approximate surface area is 107 Å². The highest BCUT2D eigenvalue weighted by Crippen LogP contribution is 2.30. The first-order valence-corrected chi connectivity index (χ1v) is 6.47. The molecule has 0 saturated carbocycles. The average molecular weight is 248 g/mol. The molecule has 1 aromatic carbocycles. The van der Waals surface area contributed by atoms with Crippen LogP contribution in [0.1, 0.15) is 36.9 Å². The van der Waals surface area contributed by atoms with E-state index in [4.69, 9.17) is 5.11 Å². The van der Waals surface area contributed by atoms with Crippen molar-refractivity contribution in [1.82, 2.24) is 10.6 Å². The summed E-state index contributed by atoms with van der Waals surface area (Å²) in [6.45, 7) is 2.21. The normalized spacial score (nSPS) is 19.1. The second-order valence-corrected chi connectivity index (χ2v) is 4.83. The number of aryl methyl sites for hydroxylation is 1. The van der Waals surface area contributed by atoms with Gasteiger partial charge >= 0.3 is 6.03 Å². The van der Waals surface area contributed by atoms with Crippen molar-refractivity contribution >= 4 is 6.03 Å². The van der Waals surface area contributed by atoms with Crippen LogP contribution in [0.2, 0.25) is 0 Å². The zero-order chi connectivity index (χ0) is 13.0. The molecule has 2 rings (SSSR count). The molecule has 3 N–H and O–H groups in total. The number of aliphatic hydroxyl groups excluding tert-OH is 1.